The SMILES string of the molecule is C[C@@H]1CN(Cc2ccc(Cl)cc2)[C@@H](C)CN1C(=O)C=Cc1ccc(Cl)c(Cl)c1. The molecular weight excluding hydrogens is 415 g/mol. The van der Waals surface area contributed by atoms with Gasteiger partial charge in [-0.1, -0.05) is 53.0 Å². The zero-order valence-corrected chi connectivity index (χ0v) is 18.2. The summed E-state index contributed by atoms with van der Waals surface area (Å²) < 4.78 is 0. The first-order valence-corrected chi connectivity index (χ1v) is 10.4. The van der Waals surface area contributed by atoms with Gasteiger partial charge in [0, 0.05) is 42.8 Å². The van der Waals surface area contributed by atoms with Gasteiger partial charge in [0.2, 0.25) is 5.91 Å². The molecule has 1 fully saturated rings. The molecule has 0 saturated carbocycles. The maximum absolute atomic E-state index is 12.7. The van der Waals surface area contributed by atoms with Crippen molar-refractivity contribution in [3.63, 3.8) is 0 Å². The molecule has 0 aliphatic carbocycles. The molecule has 0 N–H and O–H groups in total. The lowest BCUT2D eigenvalue weighted by atomic mass is 10.1. The predicted molar refractivity (Wildman–Crippen MR) is 118 cm³/mol. The van der Waals surface area contributed by atoms with Gasteiger partial charge in [-0.15, -0.1) is 0 Å². The summed E-state index contributed by atoms with van der Waals surface area (Å²) in [5.41, 5.74) is 2.08. The van der Waals surface area contributed by atoms with Crippen molar-refractivity contribution >= 4 is 46.8 Å². The fraction of sp³-hybridized carbons (Fsp3) is 0.318. The minimum absolute atomic E-state index is 0.0107. The Morgan fingerprint density at radius 2 is 1.71 bits per heavy atom. The van der Waals surface area contributed by atoms with Crippen LogP contribution < -0.4 is 0 Å². The minimum atomic E-state index is 0.0107. The summed E-state index contributed by atoms with van der Waals surface area (Å²) in [6.45, 7) is 6.62. The Morgan fingerprint density at radius 3 is 2.39 bits per heavy atom. The van der Waals surface area contributed by atoms with Gasteiger partial charge in [0.25, 0.3) is 0 Å². The Balaban J connectivity index is 1.62. The second-order valence-corrected chi connectivity index (χ2v) is 8.50. The Hall–Kier alpha value is -1.52. The number of hydrogen-bond donors (Lipinski definition) is 0. The van der Waals surface area contributed by atoms with Gasteiger partial charge in [-0.2, -0.15) is 0 Å². The summed E-state index contributed by atoms with van der Waals surface area (Å²) in [5.74, 6) is 0.0107. The first-order valence-electron chi connectivity index (χ1n) is 9.25. The third kappa shape index (κ3) is 5.30. The number of rotatable bonds is 4. The van der Waals surface area contributed by atoms with E-state index in [2.05, 4.69) is 30.9 Å². The molecule has 1 aliphatic heterocycles. The Labute approximate surface area is 181 Å². The molecule has 2 aromatic carbocycles. The molecule has 0 bridgehead atoms. The lowest BCUT2D eigenvalue weighted by Gasteiger charge is -2.44. The first kappa shape index (κ1) is 21.2. The van der Waals surface area contributed by atoms with Crippen molar-refractivity contribution < 1.29 is 4.79 Å². The van der Waals surface area contributed by atoms with E-state index in [1.807, 2.05) is 23.1 Å². The molecule has 148 valence electrons. The summed E-state index contributed by atoms with van der Waals surface area (Å²) in [7, 11) is 0. The number of benzene rings is 2. The summed E-state index contributed by atoms with van der Waals surface area (Å²) in [5, 5.41) is 1.73. The largest absolute Gasteiger partial charge is 0.334 e. The molecule has 3 rings (SSSR count). The van der Waals surface area contributed by atoms with Gasteiger partial charge in [0.1, 0.15) is 0 Å². The summed E-state index contributed by atoms with van der Waals surface area (Å²) in [6.07, 6.45) is 3.39. The van der Waals surface area contributed by atoms with Crippen LogP contribution >= 0.6 is 34.8 Å². The highest BCUT2D eigenvalue weighted by Gasteiger charge is 2.30. The van der Waals surface area contributed by atoms with E-state index in [1.165, 1.54) is 5.56 Å². The molecular formula is C22H23Cl3N2O. The van der Waals surface area contributed by atoms with Crippen LogP contribution in [0.15, 0.2) is 48.5 Å². The van der Waals surface area contributed by atoms with Crippen LogP contribution in [0.25, 0.3) is 6.08 Å². The molecule has 1 amide bonds. The Morgan fingerprint density at radius 1 is 1.00 bits per heavy atom. The molecule has 0 radical (unpaired) electrons. The van der Waals surface area contributed by atoms with E-state index in [0.29, 0.717) is 16.6 Å². The maximum atomic E-state index is 12.7. The zero-order valence-electron chi connectivity index (χ0n) is 15.9. The van der Waals surface area contributed by atoms with Crippen molar-refractivity contribution in [3.05, 3.63) is 74.7 Å². The van der Waals surface area contributed by atoms with Crippen molar-refractivity contribution in [2.45, 2.75) is 32.5 Å². The minimum Gasteiger partial charge on any atom is -0.334 e. The molecule has 1 aliphatic rings. The highest BCUT2D eigenvalue weighted by molar-refractivity contribution is 6.42. The predicted octanol–water partition coefficient (Wildman–Crippen LogP) is 5.78. The van der Waals surface area contributed by atoms with Crippen LogP contribution in [0.2, 0.25) is 15.1 Å². The molecule has 6 heteroatoms. The third-order valence-electron chi connectivity index (χ3n) is 5.06. The second kappa shape index (κ2) is 9.32. The molecule has 0 spiro atoms. The number of carbonyl (C=O) groups excluding carboxylic acids is 1. The summed E-state index contributed by atoms with van der Waals surface area (Å²) >= 11 is 17.9. The molecule has 1 heterocycles. The fourth-order valence-electron chi connectivity index (χ4n) is 3.43. The summed E-state index contributed by atoms with van der Waals surface area (Å²) in [6, 6.07) is 13.7. The van der Waals surface area contributed by atoms with Crippen molar-refractivity contribution in [2.24, 2.45) is 0 Å². The van der Waals surface area contributed by atoms with Crippen LogP contribution in [0.4, 0.5) is 0 Å². The molecule has 2 aromatic rings. The highest BCUT2D eigenvalue weighted by atomic mass is 35.5. The monoisotopic (exact) mass is 436 g/mol. The maximum Gasteiger partial charge on any atom is 0.246 e. The van der Waals surface area contributed by atoms with E-state index >= 15 is 0 Å². The average Bonchev–Trinajstić information content (AvgIpc) is 2.67. The Kier molecular flexibility index (Phi) is 7.05. The van der Waals surface area contributed by atoms with E-state index in [1.54, 1.807) is 24.3 Å². The number of hydrogen-bond acceptors (Lipinski definition) is 2. The normalized spacial score (nSPS) is 20.7. The second-order valence-electron chi connectivity index (χ2n) is 7.25. The van der Waals surface area contributed by atoms with E-state index in [9.17, 15) is 4.79 Å². The topological polar surface area (TPSA) is 23.6 Å². The van der Waals surface area contributed by atoms with Gasteiger partial charge in [-0.25, -0.2) is 0 Å². The van der Waals surface area contributed by atoms with Crippen LogP contribution in [0, 0.1) is 0 Å². The molecule has 28 heavy (non-hydrogen) atoms. The van der Waals surface area contributed by atoms with Crippen LogP contribution in [-0.2, 0) is 11.3 Å². The van der Waals surface area contributed by atoms with Gasteiger partial charge in [0.15, 0.2) is 0 Å². The lowest BCUT2D eigenvalue weighted by molar-refractivity contribution is -0.131. The summed E-state index contributed by atoms with van der Waals surface area (Å²) in [4.78, 5) is 17.1. The molecule has 0 aromatic heterocycles. The van der Waals surface area contributed by atoms with Gasteiger partial charge in [-0.3, -0.25) is 9.69 Å². The van der Waals surface area contributed by atoms with Crippen molar-refractivity contribution in [1.29, 1.82) is 0 Å². The van der Waals surface area contributed by atoms with E-state index in [-0.39, 0.29) is 18.0 Å². The average molecular weight is 438 g/mol. The lowest BCUT2D eigenvalue weighted by Crippen LogP contribution is -2.57. The van der Waals surface area contributed by atoms with Gasteiger partial charge in [0.05, 0.1) is 10.0 Å². The standard InChI is InChI=1S/C22H23Cl3N2O/c1-15-13-27(22(28)10-6-17-5-9-20(24)21(25)11-17)16(2)12-26(15)14-18-3-7-19(23)8-4-18/h3-11,15-16H,12-14H2,1-2H3/t15-,16+/m0/s1. The van der Waals surface area contributed by atoms with Crippen LogP contribution in [0.3, 0.4) is 0 Å². The molecule has 3 nitrogen and oxygen atoms in total. The van der Waals surface area contributed by atoms with Gasteiger partial charge >= 0.3 is 0 Å². The van der Waals surface area contributed by atoms with Crippen LogP contribution in [-0.4, -0.2) is 40.9 Å². The number of halogens is 3. The van der Waals surface area contributed by atoms with Gasteiger partial charge < -0.3 is 4.90 Å². The Bertz CT molecular complexity index is 867. The fourth-order valence-corrected chi connectivity index (χ4v) is 3.86. The number of carbonyl (C=O) groups is 1. The highest BCUT2D eigenvalue weighted by Crippen LogP contribution is 2.24. The smallest absolute Gasteiger partial charge is 0.246 e. The van der Waals surface area contributed by atoms with Gasteiger partial charge in [-0.05, 0) is 55.3 Å². The number of nitrogens with zero attached hydrogens (tertiary/aromatic N) is 2. The first-order chi connectivity index (χ1) is 13.3. The van der Waals surface area contributed by atoms with Crippen molar-refractivity contribution in [2.75, 3.05) is 13.1 Å². The van der Waals surface area contributed by atoms with E-state index < -0.39 is 0 Å². The van der Waals surface area contributed by atoms with Crippen LogP contribution in [0.1, 0.15) is 25.0 Å². The molecule has 1 saturated heterocycles. The quantitative estimate of drug-likeness (QED) is 0.566. The third-order valence-corrected chi connectivity index (χ3v) is 6.05. The number of amides is 1. The van der Waals surface area contributed by atoms with E-state index in [0.717, 1.165) is 23.7 Å². The van der Waals surface area contributed by atoms with E-state index in [4.69, 9.17) is 34.8 Å². The molecule has 2 atom stereocenters. The van der Waals surface area contributed by atoms with Crippen LogP contribution in [0.5, 0.6) is 0 Å². The van der Waals surface area contributed by atoms with Crippen molar-refractivity contribution in [3.8, 4) is 0 Å². The van der Waals surface area contributed by atoms with Crippen molar-refractivity contribution in [1.82, 2.24) is 9.80 Å². The molecule has 0 unspecified atom stereocenters. The number of piperazine rings is 1. The zero-order chi connectivity index (χ0) is 20.3.